The van der Waals surface area contributed by atoms with Gasteiger partial charge in [0.1, 0.15) is 6.04 Å². The Kier molecular flexibility index (Phi) is 4.42. The van der Waals surface area contributed by atoms with Crippen molar-refractivity contribution < 1.29 is 13.9 Å². The molecule has 2 heterocycles. The van der Waals surface area contributed by atoms with E-state index in [0.29, 0.717) is 18.3 Å². The van der Waals surface area contributed by atoms with E-state index >= 15 is 0 Å². The van der Waals surface area contributed by atoms with Crippen molar-refractivity contribution in [1.82, 2.24) is 15.1 Å². The minimum absolute atomic E-state index is 0.158. The summed E-state index contributed by atoms with van der Waals surface area (Å²) in [6.07, 6.45) is 2.95. The summed E-state index contributed by atoms with van der Waals surface area (Å²) >= 11 is 0. The predicted octanol–water partition coefficient (Wildman–Crippen LogP) is 1.89. The first-order valence-corrected chi connectivity index (χ1v) is 7.06. The van der Waals surface area contributed by atoms with Gasteiger partial charge in [0, 0.05) is 5.41 Å². The van der Waals surface area contributed by atoms with Gasteiger partial charge in [-0.1, -0.05) is 27.2 Å². The van der Waals surface area contributed by atoms with Crippen LogP contribution in [0.25, 0.3) is 0 Å². The molecule has 1 aliphatic rings. The van der Waals surface area contributed by atoms with E-state index in [-0.39, 0.29) is 17.4 Å². The smallest absolute Gasteiger partial charge is 0.323 e. The summed E-state index contributed by atoms with van der Waals surface area (Å²) in [5.41, 5.74) is -0.158. The molecule has 20 heavy (non-hydrogen) atoms. The standard InChI is InChI=1S/C14H23N3O3/c1-14(2,3)13-16-15-11(20-13)9-17-8-6-5-7-10(17)12(18)19-4/h10H,5-9H2,1-4H3. The summed E-state index contributed by atoms with van der Waals surface area (Å²) < 4.78 is 10.6. The highest BCUT2D eigenvalue weighted by molar-refractivity contribution is 5.75. The molecule has 0 bridgehead atoms. The summed E-state index contributed by atoms with van der Waals surface area (Å²) in [6, 6.07) is -0.196. The van der Waals surface area contributed by atoms with Crippen LogP contribution in [0.3, 0.4) is 0 Å². The summed E-state index contributed by atoms with van der Waals surface area (Å²) in [7, 11) is 1.43. The molecule has 1 aromatic rings. The molecular formula is C14H23N3O3. The second-order valence-corrected chi connectivity index (χ2v) is 6.26. The zero-order valence-corrected chi connectivity index (χ0v) is 12.7. The fraction of sp³-hybridized carbons (Fsp3) is 0.786. The minimum Gasteiger partial charge on any atom is -0.468 e. The van der Waals surface area contributed by atoms with Gasteiger partial charge in [-0.25, -0.2) is 0 Å². The Labute approximate surface area is 119 Å². The molecule has 6 heteroatoms. The van der Waals surface area contributed by atoms with E-state index in [9.17, 15) is 4.79 Å². The molecule has 0 spiro atoms. The number of nitrogens with zero attached hydrogens (tertiary/aromatic N) is 3. The fourth-order valence-corrected chi connectivity index (χ4v) is 2.38. The molecule has 1 fully saturated rings. The molecule has 2 rings (SSSR count). The molecule has 6 nitrogen and oxygen atoms in total. The topological polar surface area (TPSA) is 68.5 Å². The molecule has 0 radical (unpaired) electrons. The number of hydrogen-bond acceptors (Lipinski definition) is 6. The Morgan fingerprint density at radius 2 is 2.15 bits per heavy atom. The van der Waals surface area contributed by atoms with E-state index < -0.39 is 0 Å². The van der Waals surface area contributed by atoms with Gasteiger partial charge in [-0.05, 0) is 19.4 Å². The first-order chi connectivity index (χ1) is 9.41. The molecule has 112 valence electrons. The largest absolute Gasteiger partial charge is 0.468 e. The predicted molar refractivity (Wildman–Crippen MR) is 73.1 cm³/mol. The van der Waals surface area contributed by atoms with Crippen LogP contribution in [0.15, 0.2) is 4.42 Å². The number of hydrogen-bond donors (Lipinski definition) is 0. The van der Waals surface area contributed by atoms with Gasteiger partial charge in [0.25, 0.3) is 0 Å². The molecule has 1 aliphatic heterocycles. The van der Waals surface area contributed by atoms with Crippen LogP contribution in [0.2, 0.25) is 0 Å². The normalized spacial score (nSPS) is 20.9. The highest BCUT2D eigenvalue weighted by Gasteiger charge is 2.31. The van der Waals surface area contributed by atoms with Crippen LogP contribution in [0, 0.1) is 0 Å². The second kappa shape index (κ2) is 5.91. The van der Waals surface area contributed by atoms with Crippen LogP contribution >= 0.6 is 0 Å². The molecule has 1 unspecified atom stereocenters. The maximum atomic E-state index is 11.8. The molecule has 0 N–H and O–H groups in total. The van der Waals surface area contributed by atoms with Gasteiger partial charge in [0.05, 0.1) is 13.7 Å². The third-order valence-electron chi connectivity index (χ3n) is 3.53. The lowest BCUT2D eigenvalue weighted by molar-refractivity contribution is -0.148. The van der Waals surface area contributed by atoms with Gasteiger partial charge in [-0.3, -0.25) is 9.69 Å². The van der Waals surface area contributed by atoms with Crippen molar-refractivity contribution >= 4 is 5.97 Å². The van der Waals surface area contributed by atoms with E-state index in [2.05, 4.69) is 15.1 Å². The lowest BCUT2D eigenvalue weighted by atomic mass is 9.97. The van der Waals surface area contributed by atoms with Gasteiger partial charge >= 0.3 is 5.97 Å². The van der Waals surface area contributed by atoms with Gasteiger partial charge in [0.2, 0.25) is 11.8 Å². The Hall–Kier alpha value is -1.43. The SMILES string of the molecule is COC(=O)C1CCCCN1Cc1nnc(C(C)(C)C)o1. The van der Waals surface area contributed by atoms with E-state index in [1.54, 1.807) is 0 Å². The number of rotatable bonds is 3. The highest BCUT2D eigenvalue weighted by atomic mass is 16.5. The monoisotopic (exact) mass is 281 g/mol. The third kappa shape index (κ3) is 3.36. The van der Waals surface area contributed by atoms with Crippen molar-refractivity contribution in [3.8, 4) is 0 Å². The first-order valence-electron chi connectivity index (χ1n) is 7.06. The van der Waals surface area contributed by atoms with Gasteiger partial charge < -0.3 is 9.15 Å². The van der Waals surface area contributed by atoms with Crippen LogP contribution < -0.4 is 0 Å². The summed E-state index contributed by atoms with van der Waals surface area (Å²) in [5, 5.41) is 8.17. The zero-order chi connectivity index (χ0) is 14.8. The van der Waals surface area contributed by atoms with E-state index in [1.165, 1.54) is 7.11 Å². The van der Waals surface area contributed by atoms with Crippen molar-refractivity contribution in [2.24, 2.45) is 0 Å². The van der Waals surface area contributed by atoms with Crippen molar-refractivity contribution in [2.75, 3.05) is 13.7 Å². The van der Waals surface area contributed by atoms with Crippen LogP contribution in [0.4, 0.5) is 0 Å². The van der Waals surface area contributed by atoms with Gasteiger partial charge in [0.15, 0.2) is 0 Å². The van der Waals surface area contributed by atoms with Crippen LogP contribution in [-0.2, 0) is 21.5 Å². The maximum absolute atomic E-state index is 11.8. The molecule has 1 saturated heterocycles. The Balaban J connectivity index is 2.07. The maximum Gasteiger partial charge on any atom is 0.323 e. The van der Waals surface area contributed by atoms with Crippen molar-refractivity contribution in [3.05, 3.63) is 11.8 Å². The zero-order valence-electron chi connectivity index (χ0n) is 12.7. The van der Waals surface area contributed by atoms with E-state index in [1.807, 2.05) is 20.8 Å². The van der Waals surface area contributed by atoms with E-state index in [0.717, 1.165) is 25.8 Å². The molecule has 0 aliphatic carbocycles. The number of ether oxygens (including phenoxy) is 1. The Morgan fingerprint density at radius 3 is 2.75 bits per heavy atom. The first kappa shape index (κ1) is 15.0. The molecule has 1 atom stereocenters. The molecular weight excluding hydrogens is 258 g/mol. The molecule has 0 saturated carbocycles. The molecule has 0 amide bonds. The highest BCUT2D eigenvalue weighted by Crippen LogP contribution is 2.23. The average molecular weight is 281 g/mol. The number of likely N-dealkylation sites (tertiary alicyclic amines) is 1. The van der Waals surface area contributed by atoms with Gasteiger partial charge in [-0.2, -0.15) is 0 Å². The number of carbonyl (C=O) groups excluding carboxylic acids is 1. The van der Waals surface area contributed by atoms with Gasteiger partial charge in [-0.15, -0.1) is 10.2 Å². The number of aromatic nitrogens is 2. The third-order valence-corrected chi connectivity index (χ3v) is 3.53. The number of esters is 1. The Morgan fingerprint density at radius 1 is 1.40 bits per heavy atom. The lowest BCUT2D eigenvalue weighted by Gasteiger charge is -2.32. The Bertz CT molecular complexity index is 464. The molecule has 0 aromatic carbocycles. The minimum atomic E-state index is -0.196. The quantitative estimate of drug-likeness (QED) is 0.788. The van der Waals surface area contributed by atoms with Crippen LogP contribution in [0.1, 0.15) is 51.8 Å². The average Bonchev–Trinajstić information content (AvgIpc) is 2.87. The summed E-state index contributed by atoms with van der Waals surface area (Å²) in [6.45, 7) is 7.45. The molecule has 1 aromatic heterocycles. The van der Waals surface area contributed by atoms with Crippen molar-refractivity contribution in [2.45, 2.75) is 58.0 Å². The van der Waals surface area contributed by atoms with E-state index in [4.69, 9.17) is 9.15 Å². The number of carbonyl (C=O) groups is 1. The second-order valence-electron chi connectivity index (χ2n) is 6.26. The van der Waals surface area contributed by atoms with Crippen LogP contribution in [-0.4, -0.2) is 40.8 Å². The number of methoxy groups -OCH3 is 1. The van der Waals surface area contributed by atoms with Crippen molar-refractivity contribution in [3.63, 3.8) is 0 Å². The summed E-state index contributed by atoms with van der Waals surface area (Å²) in [4.78, 5) is 13.9. The van der Waals surface area contributed by atoms with Crippen LogP contribution in [0.5, 0.6) is 0 Å². The number of piperidine rings is 1. The fourth-order valence-electron chi connectivity index (χ4n) is 2.38. The lowest BCUT2D eigenvalue weighted by Crippen LogP contribution is -2.44. The summed E-state index contributed by atoms with van der Waals surface area (Å²) in [5.74, 6) is 1.00. The van der Waals surface area contributed by atoms with Crippen molar-refractivity contribution in [1.29, 1.82) is 0 Å².